The highest BCUT2D eigenvalue weighted by atomic mass is 32.2. The van der Waals surface area contributed by atoms with Crippen LogP contribution in [0.1, 0.15) is 18.4 Å². The average Bonchev–Trinajstić information content (AvgIpc) is 3.07. The van der Waals surface area contributed by atoms with Gasteiger partial charge in [-0.3, -0.25) is 14.9 Å². The van der Waals surface area contributed by atoms with Crippen molar-refractivity contribution in [3.63, 3.8) is 0 Å². The lowest BCUT2D eigenvalue weighted by molar-refractivity contribution is -0.115. The molecular weight excluding hydrogens is 424 g/mol. The molecule has 2 fully saturated rings. The van der Waals surface area contributed by atoms with Gasteiger partial charge in [0.2, 0.25) is 11.8 Å². The number of rotatable bonds is 5. The summed E-state index contributed by atoms with van der Waals surface area (Å²) in [6.07, 6.45) is 3.10. The van der Waals surface area contributed by atoms with Gasteiger partial charge in [0.25, 0.3) is 11.1 Å². The third-order valence-electron chi connectivity index (χ3n) is 4.66. The Morgan fingerprint density at radius 2 is 1.87 bits per heavy atom. The van der Waals surface area contributed by atoms with Crippen LogP contribution in [0.3, 0.4) is 0 Å². The number of amides is 3. The zero-order chi connectivity index (χ0) is 21.8. The molecule has 0 spiro atoms. The summed E-state index contributed by atoms with van der Waals surface area (Å²) in [5, 5.41) is 10.8. The summed E-state index contributed by atoms with van der Waals surface area (Å²) in [6, 6.07) is 8.53. The Kier molecular flexibility index (Phi) is 6.03. The maximum Gasteiger partial charge on any atom is 0.407 e. The molecule has 2 aliphatic rings. The van der Waals surface area contributed by atoms with Crippen molar-refractivity contribution < 1.29 is 29.0 Å². The third-order valence-corrected chi connectivity index (χ3v) is 5.47. The summed E-state index contributed by atoms with van der Waals surface area (Å²) in [6.45, 7) is 0.844. The van der Waals surface area contributed by atoms with E-state index in [1.54, 1.807) is 36.4 Å². The van der Waals surface area contributed by atoms with E-state index in [0.717, 1.165) is 17.3 Å². The third kappa shape index (κ3) is 5.31. The predicted octanol–water partition coefficient (Wildman–Crippen LogP) is 3.11. The topological polar surface area (TPSA) is 131 Å². The van der Waals surface area contributed by atoms with Gasteiger partial charge in [0.05, 0.1) is 11.0 Å². The number of carbonyl (C=O) groups is 3. The van der Waals surface area contributed by atoms with E-state index in [9.17, 15) is 14.4 Å². The first-order valence-electron chi connectivity index (χ1n) is 9.45. The molecule has 10 nitrogen and oxygen atoms in total. The SMILES string of the molecule is O=C1NC(=O)C(=Cc2ccc(Oc3cc(OC4CCN(C(=O)O)CC4)ncn3)cc2)S1. The van der Waals surface area contributed by atoms with E-state index in [1.807, 2.05) is 0 Å². The largest absolute Gasteiger partial charge is 0.474 e. The van der Waals surface area contributed by atoms with E-state index >= 15 is 0 Å². The first-order chi connectivity index (χ1) is 15.0. The summed E-state index contributed by atoms with van der Waals surface area (Å²) in [7, 11) is 0. The molecule has 0 saturated carbocycles. The molecule has 2 saturated heterocycles. The highest BCUT2D eigenvalue weighted by molar-refractivity contribution is 8.18. The van der Waals surface area contributed by atoms with Gasteiger partial charge in [-0.05, 0) is 35.5 Å². The van der Waals surface area contributed by atoms with E-state index in [4.69, 9.17) is 14.6 Å². The van der Waals surface area contributed by atoms with Gasteiger partial charge in [0, 0.05) is 25.9 Å². The summed E-state index contributed by atoms with van der Waals surface area (Å²) < 4.78 is 11.6. The Bertz CT molecular complexity index is 1030. The number of piperidine rings is 1. The second kappa shape index (κ2) is 9.04. The fourth-order valence-electron chi connectivity index (χ4n) is 3.10. The van der Waals surface area contributed by atoms with E-state index < -0.39 is 12.0 Å². The van der Waals surface area contributed by atoms with E-state index in [0.29, 0.717) is 48.3 Å². The number of thioether (sulfide) groups is 1. The van der Waals surface area contributed by atoms with E-state index in [-0.39, 0.29) is 11.3 Å². The molecule has 0 radical (unpaired) electrons. The number of carbonyl (C=O) groups excluding carboxylic acids is 2. The van der Waals surface area contributed by atoms with Crippen molar-refractivity contribution in [3.8, 4) is 17.5 Å². The molecule has 0 unspecified atom stereocenters. The number of imide groups is 1. The Balaban J connectivity index is 1.36. The van der Waals surface area contributed by atoms with Gasteiger partial charge in [-0.2, -0.15) is 0 Å². The van der Waals surface area contributed by atoms with Crippen molar-refractivity contribution in [2.24, 2.45) is 0 Å². The molecule has 160 valence electrons. The molecule has 3 heterocycles. The number of likely N-dealkylation sites (tertiary alicyclic amines) is 1. The number of benzene rings is 1. The van der Waals surface area contributed by atoms with Crippen LogP contribution in [0.5, 0.6) is 17.5 Å². The molecule has 11 heteroatoms. The first kappa shape index (κ1) is 20.7. The van der Waals surface area contributed by atoms with Gasteiger partial charge in [-0.25, -0.2) is 14.8 Å². The van der Waals surface area contributed by atoms with Crippen molar-refractivity contribution in [1.82, 2.24) is 20.2 Å². The van der Waals surface area contributed by atoms with Crippen molar-refractivity contribution in [1.29, 1.82) is 0 Å². The van der Waals surface area contributed by atoms with Crippen molar-refractivity contribution in [2.45, 2.75) is 18.9 Å². The van der Waals surface area contributed by atoms with E-state index in [2.05, 4.69) is 15.3 Å². The molecule has 0 atom stereocenters. The van der Waals surface area contributed by atoms with Crippen LogP contribution in [-0.2, 0) is 4.79 Å². The average molecular weight is 442 g/mol. The quantitative estimate of drug-likeness (QED) is 0.671. The standard InChI is InChI=1S/C20H18N4O6S/c25-18-15(31-19(26)23-18)9-12-1-3-13(4-2-12)29-16-10-17(22-11-21-16)30-14-5-7-24(8-6-14)20(27)28/h1-4,9-11,14H,5-8H2,(H,27,28)(H,23,25,26). The maximum absolute atomic E-state index is 11.6. The van der Waals surface area contributed by atoms with Crippen LogP contribution in [0.2, 0.25) is 0 Å². The minimum absolute atomic E-state index is 0.122. The molecule has 2 aliphatic heterocycles. The Morgan fingerprint density at radius 1 is 1.16 bits per heavy atom. The first-order valence-corrected chi connectivity index (χ1v) is 10.3. The number of hydrogen-bond donors (Lipinski definition) is 2. The van der Waals surface area contributed by atoms with Crippen LogP contribution in [0, 0.1) is 0 Å². The lowest BCUT2D eigenvalue weighted by Crippen LogP contribution is -2.41. The number of nitrogens with zero attached hydrogens (tertiary/aromatic N) is 3. The molecule has 2 N–H and O–H groups in total. The van der Waals surface area contributed by atoms with Gasteiger partial charge in [-0.1, -0.05) is 12.1 Å². The molecule has 4 rings (SSSR count). The Hall–Kier alpha value is -3.60. The molecule has 3 amide bonds. The smallest absolute Gasteiger partial charge is 0.407 e. The van der Waals surface area contributed by atoms with Crippen LogP contribution < -0.4 is 14.8 Å². The number of nitrogens with one attached hydrogen (secondary N) is 1. The number of aromatic nitrogens is 2. The second-order valence-electron chi connectivity index (χ2n) is 6.80. The Labute approximate surface area is 181 Å². The van der Waals surface area contributed by atoms with Gasteiger partial charge < -0.3 is 19.5 Å². The second-order valence-corrected chi connectivity index (χ2v) is 7.82. The fraction of sp³-hybridized carbons (Fsp3) is 0.250. The molecule has 0 aliphatic carbocycles. The van der Waals surface area contributed by atoms with Gasteiger partial charge in [0.1, 0.15) is 18.2 Å². The predicted molar refractivity (Wildman–Crippen MR) is 111 cm³/mol. The highest BCUT2D eigenvalue weighted by Gasteiger charge is 2.25. The lowest BCUT2D eigenvalue weighted by atomic mass is 10.1. The maximum atomic E-state index is 11.6. The van der Waals surface area contributed by atoms with Gasteiger partial charge in [-0.15, -0.1) is 0 Å². The monoisotopic (exact) mass is 442 g/mol. The molecule has 1 aromatic carbocycles. The molecule has 0 bridgehead atoms. The number of hydrogen-bond acceptors (Lipinski definition) is 8. The van der Waals surface area contributed by atoms with E-state index in [1.165, 1.54) is 11.2 Å². The van der Waals surface area contributed by atoms with Crippen molar-refractivity contribution >= 4 is 35.1 Å². The van der Waals surface area contributed by atoms with Crippen molar-refractivity contribution in [3.05, 3.63) is 47.1 Å². The van der Waals surface area contributed by atoms with Crippen LogP contribution in [0.15, 0.2) is 41.6 Å². The summed E-state index contributed by atoms with van der Waals surface area (Å²) in [5.74, 6) is 0.781. The van der Waals surface area contributed by atoms with Crippen molar-refractivity contribution in [2.75, 3.05) is 13.1 Å². The van der Waals surface area contributed by atoms with Crippen LogP contribution in [0.25, 0.3) is 6.08 Å². The minimum atomic E-state index is -0.919. The molecular formula is C20H18N4O6S. The van der Waals surface area contributed by atoms with Gasteiger partial charge in [0.15, 0.2) is 0 Å². The lowest BCUT2D eigenvalue weighted by Gasteiger charge is -2.29. The van der Waals surface area contributed by atoms with Crippen LogP contribution in [0.4, 0.5) is 9.59 Å². The summed E-state index contributed by atoms with van der Waals surface area (Å²) in [4.78, 5) is 43.7. The highest BCUT2D eigenvalue weighted by Crippen LogP contribution is 2.27. The summed E-state index contributed by atoms with van der Waals surface area (Å²) >= 11 is 0.860. The minimum Gasteiger partial charge on any atom is -0.474 e. The van der Waals surface area contributed by atoms with Crippen LogP contribution in [-0.4, -0.2) is 56.4 Å². The molecule has 31 heavy (non-hydrogen) atoms. The number of carboxylic acid groups (broad SMARTS) is 1. The summed E-state index contributed by atoms with van der Waals surface area (Å²) in [5.41, 5.74) is 0.749. The van der Waals surface area contributed by atoms with Gasteiger partial charge >= 0.3 is 6.09 Å². The number of ether oxygens (including phenoxy) is 2. The zero-order valence-electron chi connectivity index (χ0n) is 16.2. The molecule has 1 aromatic heterocycles. The zero-order valence-corrected chi connectivity index (χ0v) is 17.0. The fourth-order valence-corrected chi connectivity index (χ4v) is 3.79. The normalized spacial score (nSPS) is 18.2. The Morgan fingerprint density at radius 3 is 2.52 bits per heavy atom. The van der Waals surface area contributed by atoms with Crippen LogP contribution >= 0.6 is 11.8 Å². The molecule has 2 aromatic rings.